The Hall–Kier alpha value is -1.58. The smallest absolute Gasteiger partial charge is 0.252 e. The lowest BCUT2D eigenvalue weighted by Gasteiger charge is -2.29. The first-order valence-electron chi connectivity index (χ1n) is 6.52. The molecule has 1 unspecified atom stereocenters. The second-order valence-electron chi connectivity index (χ2n) is 4.60. The van der Waals surface area contributed by atoms with Crippen molar-refractivity contribution in [3.63, 3.8) is 0 Å². The van der Waals surface area contributed by atoms with Crippen molar-refractivity contribution in [1.82, 2.24) is 4.90 Å². The Balaban J connectivity index is 2.02. The molecule has 0 aliphatic carbocycles. The van der Waals surface area contributed by atoms with Gasteiger partial charge in [-0.1, -0.05) is 18.6 Å². The first-order chi connectivity index (χ1) is 8.77. The van der Waals surface area contributed by atoms with Gasteiger partial charge < -0.3 is 9.64 Å². The van der Waals surface area contributed by atoms with Crippen molar-refractivity contribution in [2.24, 2.45) is 4.99 Å². The molecule has 0 radical (unpaired) electrons. The van der Waals surface area contributed by atoms with E-state index in [1.807, 2.05) is 17.1 Å². The summed E-state index contributed by atoms with van der Waals surface area (Å²) in [6.07, 6.45) is 8.68. The predicted molar refractivity (Wildman–Crippen MR) is 71.3 cm³/mol. The number of carbonyl (C=O) groups excluding carboxylic acids is 1. The van der Waals surface area contributed by atoms with Crippen molar-refractivity contribution in [3.8, 4) is 0 Å². The molecule has 0 aromatic rings. The average Bonchev–Trinajstić information content (AvgIpc) is 2.87. The average molecular weight is 248 g/mol. The zero-order valence-corrected chi connectivity index (χ0v) is 10.9. The summed E-state index contributed by atoms with van der Waals surface area (Å²) < 4.78 is 5.28. The highest BCUT2D eigenvalue weighted by molar-refractivity contribution is 6.03. The Morgan fingerprint density at radius 3 is 3.17 bits per heavy atom. The molecule has 0 saturated heterocycles. The van der Waals surface area contributed by atoms with E-state index in [0.29, 0.717) is 5.90 Å². The Labute approximate surface area is 108 Å². The third-order valence-corrected chi connectivity index (χ3v) is 3.35. The number of methoxy groups -OCH3 is 1. The largest absolute Gasteiger partial charge is 0.480 e. The van der Waals surface area contributed by atoms with E-state index in [-0.39, 0.29) is 11.9 Å². The second-order valence-corrected chi connectivity index (χ2v) is 4.60. The maximum absolute atomic E-state index is 12.2. The van der Waals surface area contributed by atoms with Crippen molar-refractivity contribution in [3.05, 3.63) is 24.4 Å². The van der Waals surface area contributed by atoms with Crippen LogP contribution in [0.15, 0.2) is 29.4 Å². The molecule has 0 saturated carbocycles. The molecule has 4 nitrogen and oxygen atoms in total. The SMILES string of the molecule is C=CCCCCC1N=C(OC)C2=CCCN2C1=O. The lowest BCUT2D eigenvalue weighted by molar-refractivity contribution is -0.130. The molecule has 4 heteroatoms. The molecule has 0 bridgehead atoms. The standard InChI is InChI=1S/C14H20N2O2/c1-3-4-5-6-8-11-14(17)16-10-7-9-12(16)13(15-11)18-2/h3,9,11H,1,4-8,10H2,2H3. The molecule has 1 atom stereocenters. The fraction of sp³-hybridized carbons (Fsp3) is 0.571. The van der Waals surface area contributed by atoms with E-state index < -0.39 is 0 Å². The van der Waals surface area contributed by atoms with Crippen LogP contribution in [0.25, 0.3) is 0 Å². The van der Waals surface area contributed by atoms with Gasteiger partial charge in [0.05, 0.1) is 7.11 Å². The van der Waals surface area contributed by atoms with Crippen LogP contribution < -0.4 is 0 Å². The maximum atomic E-state index is 12.2. The summed E-state index contributed by atoms with van der Waals surface area (Å²) in [6, 6.07) is -0.264. The summed E-state index contributed by atoms with van der Waals surface area (Å²) in [7, 11) is 1.61. The predicted octanol–water partition coefficient (Wildman–Crippen LogP) is 2.28. The molecule has 0 aromatic carbocycles. The topological polar surface area (TPSA) is 41.9 Å². The van der Waals surface area contributed by atoms with Gasteiger partial charge in [-0.3, -0.25) is 4.79 Å². The third kappa shape index (κ3) is 2.47. The molecule has 0 fully saturated rings. The zero-order valence-electron chi connectivity index (χ0n) is 10.9. The van der Waals surface area contributed by atoms with E-state index in [4.69, 9.17) is 4.74 Å². The first kappa shape index (κ1) is 12.9. The highest BCUT2D eigenvalue weighted by atomic mass is 16.5. The molecule has 2 aliphatic heterocycles. The normalized spacial score (nSPS) is 22.4. The Morgan fingerprint density at radius 1 is 1.61 bits per heavy atom. The number of aliphatic imine (C=N–C) groups is 1. The molecule has 2 aliphatic rings. The number of amides is 1. The fourth-order valence-corrected chi connectivity index (χ4v) is 2.41. The van der Waals surface area contributed by atoms with Gasteiger partial charge in [-0.25, -0.2) is 4.99 Å². The summed E-state index contributed by atoms with van der Waals surface area (Å²) in [5.41, 5.74) is 0.852. The van der Waals surface area contributed by atoms with E-state index >= 15 is 0 Å². The summed E-state index contributed by atoms with van der Waals surface area (Å²) in [5.74, 6) is 0.735. The molecule has 0 aromatic heterocycles. The van der Waals surface area contributed by atoms with E-state index in [1.54, 1.807) is 7.11 Å². The number of carbonyl (C=O) groups is 1. The van der Waals surface area contributed by atoms with Crippen LogP contribution in [0.2, 0.25) is 0 Å². The highest BCUT2D eigenvalue weighted by Gasteiger charge is 2.35. The molecule has 2 heterocycles. The number of hydrogen-bond donors (Lipinski definition) is 0. The quantitative estimate of drug-likeness (QED) is 0.553. The minimum atomic E-state index is -0.264. The molecule has 0 N–H and O–H groups in total. The molecule has 98 valence electrons. The minimum absolute atomic E-state index is 0.123. The Bertz CT molecular complexity index is 399. The number of allylic oxidation sites excluding steroid dienone is 1. The summed E-state index contributed by atoms with van der Waals surface area (Å²) >= 11 is 0. The Morgan fingerprint density at radius 2 is 2.44 bits per heavy atom. The van der Waals surface area contributed by atoms with Crippen LogP contribution >= 0.6 is 0 Å². The number of nitrogens with zero attached hydrogens (tertiary/aromatic N) is 2. The van der Waals surface area contributed by atoms with E-state index in [1.165, 1.54) is 0 Å². The number of unbranched alkanes of at least 4 members (excludes halogenated alkanes) is 2. The molecule has 2 rings (SSSR count). The van der Waals surface area contributed by atoms with Gasteiger partial charge in [-0.05, 0) is 25.7 Å². The van der Waals surface area contributed by atoms with E-state index in [0.717, 1.165) is 44.3 Å². The fourth-order valence-electron chi connectivity index (χ4n) is 2.41. The van der Waals surface area contributed by atoms with Crippen molar-refractivity contribution < 1.29 is 9.53 Å². The van der Waals surface area contributed by atoms with Crippen LogP contribution in [0.3, 0.4) is 0 Å². The molecule has 18 heavy (non-hydrogen) atoms. The van der Waals surface area contributed by atoms with Crippen LogP contribution in [-0.4, -0.2) is 36.4 Å². The van der Waals surface area contributed by atoms with E-state index in [2.05, 4.69) is 11.6 Å². The molecule has 0 spiro atoms. The lowest BCUT2D eigenvalue weighted by Crippen LogP contribution is -2.43. The van der Waals surface area contributed by atoms with Gasteiger partial charge >= 0.3 is 0 Å². The minimum Gasteiger partial charge on any atom is -0.480 e. The van der Waals surface area contributed by atoms with Crippen molar-refractivity contribution in [2.75, 3.05) is 13.7 Å². The molecule has 1 amide bonds. The van der Waals surface area contributed by atoms with Crippen LogP contribution in [0, 0.1) is 0 Å². The van der Waals surface area contributed by atoms with Gasteiger partial charge in [0.25, 0.3) is 5.91 Å². The van der Waals surface area contributed by atoms with E-state index in [9.17, 15) is 4.79 Å². The number of ether oxygens (including phenoxy) is 1. The zero-order chi connectivity index (χ0) is 13.0. The van der Waals surface area contributed by atoms with Gasteiger partial charge in [-0.15, -0.1) is 6.58 Å². The highest BCUT2D eigenvalue weighted by Crippen LogP contribution is 2.25. The van der Waals surface area contributed by atoms with Gasteiger partial charge in [0.2, 0.25) is 5.90 Å². The van der Waals surface area contributed by atoms with Gasteiger partial charge in [0.15, 0.2) is 0 Å². The maximum Gasteiger partial charge on any atom is 0.252 e. The van der Waals surface area contributed by atoms with Crippen molar-refractivity contribution in [2.45, 2.75) is 38.1 Å². The second kappa shape index (κ2) is 5.85. The van der Waals surface area contributed by atoms with Crippen LogP contribution in [0.4, 0.5) is 0 Å². The van der Waals surface area contributed by atoms with Gasteiger partial charge in [0.1, 0.15) is 11.7 Å². The summed E-state index contributed by atoms with van der Waals surface area (Å²) in [6.45, 7) is 4.46. The van der Waals surface area contributed by atoms with Crippen LogP contribution in [0.1, 0.15) is 32.1 Å². The van der Waals surface area contributed by atoms with Crippen LogP contribution in [-0.2, 0) is 9.53 Å². The van der Waals surface area contributed by atoms with Gasteiger partial charge in [-0.2, -0.15) is 0 Å². The molecular formula is C14H20N2O2. The monoisotopic (exact) mass is 248 g/mol. The number of rotatable bonds is 5. The Kier molecular flexibility index (Phi) is 4.18. The summed E-state index contributed by atoms with van der Waals surface area (Å²) in [5, 5.41) is 0. The van der Waals surface area contributed by atoms with Crippen molar-refractivity contribution in [1.29, 1.82) is 0 Å². The summed E-state index contributed by atoms with van der Waals surface area (Å²) in [4.78, 5) is 18.5. The lowest BCUT2D eigenvalue weighted by atomic mass is 10.1. The van der Waals surface area contributed by atoms with Gasteiger partial charge in [0, 0.05) is 6.54 Å². The number of hydrogen-bond acceptors (Lipinski definition) is 3. The number of fused-ring (bicyclic) bond motifs is 1. The van der Waals surface area contributed by atoms with Crippen molar-refractivity contribution >= 4 is 11.8 Å². The van der Waals surface area contributed by atoms with Crippen LogP contribution in [0.5, 0.6) is 0 Å². The molecular weight excluding hydrogens is 228 g/mol. The first-order valence-corrected chi connectivity index (χ1v) is 6.52. The third-order valence-electron chi connectivity index (χ3n) is 3.35.